The minimum Gasteiger partial charge on any atom is -0.508 e. The number of phenolic OH excluding ortho intramolecular Hbond substituents is 1. The minimum absolute atomic E-state index is 0.0613. The van der Waals surface area contributed by atoms with E-state index >= 15 is 0 Å². The fourth-order valence-corrected chi connectivity index (χ4v) is 2.91. The van der Waals surface area contributed by atoms with Gasteiger partial charge in [-0.3, -0.25) is 4.79 Å². The maximum absolute atomic E-state index is 12.5. The van der Waals surface area contributed by atoms with Crippen molar-refractivity contribution in [2.24, 2.45) is 0 Å². The van der Waals surface area contributed by atoms with Crippen LogP contribution in [0.3, 0.4) is 0 Å². The number of carbonyl (C=O) groups is 1. The highest BCUT2D eigenvalue weighted by atomic mass is 16.5. The van der Waals surface area contributed by atoms with E-state index in [1.165, 1.54) is 23.8 Å². The number of nitrogens with one attached hydrogen (secondary N) is 1. The number of anilines is 1. The number of amides is 1. The van der Waals surface area contributed by atoms with Crippen LogP contribution >= 0.6 is 0 Å². The van der Waals surface area contributed by atoms with Gasteiger partial charge in [-0.1, -0.05) is 35.9 Å². The zero-order valence-corrected chi connectivity index (χ0v) is 18.0. The second kappa shape index (κ2) is 10.7. The first-order valence-electron chi connectivity index (χ1n) is 10.2. The van der Waals surface area contributed by atoms with Crippen LogP contribution < -0.4 is 14.8 Å². The van der Waals surface area contributed by atoms with Crippen LogP contribution in [0, 0.1) is 18.3 Å². The van der Waals surface area contributed by atoms with Gasteiger partial charge in [-0.05, 0) is 67.4 Å². The molecule has 0 aromatic heterocycles. The Morgan fingerprint density at radius 3 is 2.41 bits per heavy atom. The molecule has 0 heterocycles. The van der Waals surface area contributed by atoms with Crippen molar-refractivity contribution in [3.8, 4) is 23.3 Å². The molecule has 0 aliphatic rings. The minimum atomic E-state index is -0.546. The molecule has 0 radical (unpaired) electrons. The lowest BCUT2D eigenvalue weighted by Crippen LogP contribution is -2.13. The average molecular weight is 428 g/mol. The van der Waals surface area contributed by atoms with Crippen LogP contribution in [0.25, 0.3) is 6.08 Å². The van der Waals surface area contributed by atoms with Gasteiger partial charge >= 0.3 is 0 Å². The smallest absolute Gasteiger partial charge is 0.266 e. The molecule has 162 valence electrons. The SMILES string of the molecule is CCOc1cc(/C=C(/C#N)C(=O)Nc2ccc(O)cc2)ccc1OCc1ccc(C)cc1. The van der Waals surface area contributed by atoms with Gasteiger partial charge in [-0.2, -0.15) is 5.26 Å². The Hall–Kier alpha value is -4.24. The van der Waals surface area contributed by atoms with Crippen molar-refractivity contribution in [3.63, 3.8) is 0 Å². The summed E-state index contributed by atoms with van der Waals surface area (Å²) in [6.07, 6.45) is 1.49. The molecular weight excluding hydrogens is 404 g/mol. The summed E-state index contributed by atoms with van der Waals surface area (Å²) >= 11 is 0. The second-order valence-corrected chi connectivity index (χ2v) is 7.08. The van der Waals surface area contributed by atoms with Crippen LogP contribution in [0.4, 0.5) is 5.69 Å². The van der Waals surface area contributed by atoms with Crippen molar-refractivity contribution in [2.75, 3.05) is 11.9 Å². The van der Waals surface area contributed by atoms with Gasteiger partial charge in [-0.15, -0.1) is 0 Å². The lowest BCUT2D eigenvalue weighted by molar-refractivity contribution is -0.112. The number of carbonyl (C=O) groups excluding carboxylic acids is 1. The molecule has 3 rings (SSSR count). The predicted octanol–water partition coefficient (Wildman–Crippen LogP) is 5.22. The summed E-state index contributed by atoms with van der Waals surface area (Å²) < 4.78 is 11.6. The van der Waals surface area contributed by atoms with Crippen LogP contribution in [-0.2, 0) is 11.4 Å². The van der Waals surface area contributed by atoms with E-state index in [0.717, 1.165) is 5.56 Å². The number of rotatable bonds is 8. The molecule has 32 heavy (non-hydrogen) atoms. The van der Waals surface area contributed by atoms with Gasteiger partial charge in [0.15, 0.2) is 11.5 Å². The third-order valence-corrected chi connectivity index (χ3v) is 4.58. The average Bonchev–Trinajstić information content (AvgIpc) is 2.79. The monoisotopic (exact) mass is 428 g/mol. The largest absolute Gasteiger partial charge is 0.508 e. The number of hydrogen-bond acceptors (Lipinski definition) is 5. The van der Waals surface area contributed by atoms with E-state index in [9.17, 15) is 15.2 Å². The molecule has 0 aliphatic heterocycles. The van der Waals surface area contributed by atoms with E-state index in [1.807, 2.05) is 44.2 Å². The molecule has 0 aliphatic carbocycles. The summed E-state index contributed by atoms with van der Waals surface area (Å²) in [4.78, 5) is 12.5. The van der Waals surface area contributed by atoms with Crippen LogP contribution in [0.5, 0.6) is 17.2 Å². The third kappa shape index (κ3) is 6.13. The Kier molecular flexibility index (Phi) is 7.50. The Labute approximate surface area is 187 Å². The normalized spacial score (nSPS) is 10.8. The van der Waals surface area contributed by atoms with Crippen LogP contribution in [0.1, 0.15) is 23.6 Å². The summed E-state index contributed by atoms with van der Waals surface area (Å²) in [5, 5.41) is 21.4. The van der Waals surface area contributed by atoms with Crippen molar-refractivity contribution in [1.82, 2.24) is 0 Å². The Morgan fingerprint density at radius 2 is 1.75 bits per heavy atom. The highest BCUT2D eigenvalue weighted by Crippen LogP contribution is 2.30. The maximum atomic E-state index is 12.5. The fourth-order valence-electron chi connectivity index (χ4n) is 2.91. The topological polar surface area (TPSA) is 91.6 Å². The Bertz CT molecular complexity index is 1140. The molecule has 0 bridgehead atoms. The molecule has 1 amide bonds. The van der Waals surface area contributed by atoms with Crippen molar-refractivity contribution < 1.29 is 19.4 Å². The van der Waals surface area contributed by atoms with Crippen molar-refractivity contribution in [2.45, 2.75) is 20.5 Å². The Balaban J connectivity index is 1.76. The predicted molar refractivity (Wildman–Crippen MR) is 123 cm³/mol. The van der Waals surface area contributed by atoms with E-state index < -0.39 is 5.91 Å². The number of phenols is 1. The van der Waals surface area contributed by atoms with E-state index in [1.54, 1.807) is 30.3 Å². The molecular formula is C26H24N2O4. The molecule has 0 fully saturated rings. The molecule has 6 heteroatoms. The van der Waals surface area contributed by atoms with Crippen LogP contribution in [-0.4, -0.2) is 17.6 Å². The maximum Gasteiger partial charge on any atom is 0.266 e. The number of hydrogen-bond donors (Lipinski definition) is 2. The quantitative estimate of drug-likeness (QED) is 0.291. The molecule has 0 atom stereocenters. The van der Waals surface area contributed by atoms with E-state index in [-0.39, 0.29) is 11.3 Å². The number of aromatic hydroxyl groups is 1. The lowest BCUT2D eigenvalue weighted by Gasteiger charge is -2.13. The summed E-state index contributed by atoms with van der Waals surface area (Å²) in [6.45, 7) is 4.75. The number of aryl methyl sites for hydroxylation is 1. The standard InChI is InChI=1S/C26H24N2O4/c1-3-31-25-15-20(8-13-24(25)32-17-19-6-4-18(2)5-7-19)14-21(16-27)26(30)28-22-9-11-23(29)12-10-22/h4-15,29H,3,17H2,1-2H3,(H,28,30)/b21-14-. The van der Waals surface area contributed by atoms with Gasteiger partial charge in [0.1, 0.15) is 24.0 Å². The molecule has 2 N–H and O–H groups in total. The summed E-state index contributed by atoms with van der Waals surface area (Å²) in [5.41, 5.74) is 3.27. The Morgan fingerprint density at radius 1 is 1.03 bits per heavy atom. The molecule has 0 unspecified atom stereocenters. The number of ether oxygens (including phenoxy) is 2. The van der Waals surface area contributed by atoms with Crippen LogP contribution in [0.15, 0.2) is 72.3 Å². The van der Waals surface area contributed by atoms with Crippen molar-refractivity contribution in [1.29, 1.82) is 5.26 Å². The second-order valence-electron chi connectivity index (χ2n) is 7.08. The van der Waals surface area contributed by atoms with E-state index in [2.05, 4.69) is 5.32 Å². The number of nitriles is 1. The van der Waals surface area contributed by atoms with Gasteiger partial charge in [0.05, 0.1) is 6.61 Å². The third-order valence-electron chi connectivity index (χ3n) is 4.58. The zero-order chi connectivity index (χ0) is 22.9. The highest BCUT2D eigenvalue weighted by Gasteiger charge is 2.12. The molecule has 0 spiro atoms. The van der Waals surface area contributed by atoms with Gasteiger partial charge in [-0.25, -0.2) is 0 Å². The van der Waals surface area contributed by atoms with Gasteiger partial charge in [0.25, 0.3) is 5.91 Å². The summed E-state index contributed by atoms with van der Waals surface area (Å²) in [5.74, 6) is 0.657. The van der Waals surface area contributed by atoms with Gasteiger partial charge in [0.2, 0.25) is 0 Å². The summed E-state index contributed by atoms with van der Waals surface area (Å²) in [7, 11) is 0. The molecule has 3 aromatic carbocycles. The highest BCUT2D eigenvalue weighted by molar-refractivity contribution is 6.09. The fraction of sp³-hybridized carbons (Fsp3) is 0.154. The number of nitrogens with zero attached hydrogens (tertiary/aromatic N) is 1. The van der Waals surface area contributed by atoms with E-state index in [4.69, 9.17) is 9.47 Å². The first-order valence-corrected chi connectivity index (χ1v) is 10.2. The molecule has 0 saturated carbocycles. The summed E-state index contributed by atoms with van der Waals surface area (Å²) in [6, 6.07) is 21.3. The van der Waals surface area contributed by atoms with E-state index in [0.29, 0.717) is 36.0 Å². The zero-order valence-electron chi connectivity index (χ0n) is 18.0. The first kappa shape index (κ1) is 22.4. The lowest BCUT2D eigenvalue weighted by atomic mass is 10.1. The van der Waals surface area contributed by atoms with Crippen molar-refractivity contribution >= 4 is 17.7 Å². The van der Waals surface area contributed by atoms with Crippen LogP contribution in [0.2, 0.25) is 0 Å². The van der Waals surface area contributed by atoms with Crippen molar-refractivity contribution in [3.05, 3.63) is 89.0 Å². The van der Waals surface area contributed by atoms with Gasteiger partial charge in [0, 0.05) is 5.69 Å². The molecule has 3 aromatic rings. The first-order chi connectivity index (χ1) is 15.5. The molecule has 6 nitrogen and oxygen atoms in total. The number of benzene rings is 3. The molecule has 0 saturated heterocycles. The van der Waals surface area contributed by atoms with Gasteiger partial charge < -0.3 is 19.9 Å².